The average Bonchev–Trinajstić information content (AvgIpc) is 3.16. The van der Waals surface area contributed by atoms with Gasteiger partial charge in [0.1, 0.15) is 5.82 Å². The van der Waals surface area contributed by atoms with Crippen molar-refractivity contribution in [2.24, 2.45) is 5.92 Å². The minimum absolute atomic E-state index is 0.835. The second-order valence-corrected chi connectivity index (χ2v) is 6.64. The van der Waals surface area contributed by atoms with Gasteiger partial charge in [-0.2, -0.15) is 0 Å². The standard InChI is InChI=1S/C17H17N3S/c1-20(11-12-8-9-12)17-13-5-2-3-6-14(13)18-16(19-17)15-7-4-10-21-15/h2-7,10,12H,8-9,11H2,1H3. The first-order valence-corrected chi connectivity index (χ1v) is 8.21. The molecule has 4 rings (SSSR count). The Morgan fingerprint density at radius 2 is 2.00 bits per heavy atom. The molecule has 3 aromatic rings. The summed E-state index contributed by atoms with van der Waals surface area (Å²) in [6.45, 7) is 1.09. The van der Waals surface area contributed by atoms with Crippen LogP contribution >= 0.6 is 11.3 Å². The predicted octanol–water partition coefficient (Wildman–Crippen LogP) is 4.20. The molecule has 0 amide bonds. The zero-order chi connectivity index (χ0) is 14.2. The first-order valence-electron chi connectivity index (χ1n) is 7.33. The molecule has 106 valence electrons. The van der Waals surface area contributed by atoms with E-state index in [1.54, 1.807) is 11.3 Å². The van der Waals surface area contributed by atoms with Crippen molar-refractivity contribution in [2.75, 3.05) is 18.5 Å². The Morgan fingerprint density at radius 3 is 2.76 bits per heavy atom. The fraction of sp³-hybridized carbons (Fsp3) is 0.294. The van der Waals surface area contributed by atoms with Gasteiger partial charge < -0.3 is 4.90 Å². The Labute approximate surface area is 128 Å². The fourth-order valence-corrected chi connectivity index (χ4v) is 3.30. The van der Waals surface area contributed by atoms with Crippen molar-refractivity contribution < 1.29 is 0 Å². The van der Waals surface area contributed by atoms with Crippen LogP contribution in [-0.2, 0) is 0 Å². The summed E-state index contributed by atoms with van der Waals surface area (Å²) in [5.41, 5.74) is 1.02. The van der Waals surface area contributed by atoms with Gasteiger partial charge in [0.25, 0.3) is 0 Å². The second-order valence-electron chi connectivity index (χ2n) is 5.69. The van der Waals surface area contributed by atoms with Crippen LogP contribution in [0.1, 0.15) is 12.8 Å². The van der Waals surface area contributed by atoms with E-state index in [1.165, 1.54) is 12.8 Å². The summed E-state index contributed by atoms with van der Waals surface area (Å²) >= 11 is 1.69. The van der Waals surface area contributed by atoms with Gasteiger partial charge in [-0.15, -0.1) is 11.3 Å². The van der Waals surface area contributed by atoms with Crippen molar-refractivity contribution in [1.29, 1.82) is 0 Å². The second kappa shape index (κ2) is 5.11. The summed E-state index contributed by atoms with van der Waals surface area (Å²) < 4.78 is 0. The highest BCUT2D eigenvalue weighted by atomic mass is 32.1. The molecule has 0 saturated heterocycles. The number of fused-ring (bicyclic) bond motifs is 1. The van der Waals surface area contributed by atoms with E-state index in [9.17, 15) is 0 Å². The van der Waals surface area contributed by atoms with E-state index in [2.05, 4.69) is 41.6 Å². The van der Waals surface area contributed by atoms with Crippen LogP contribution < -0.4 is 4.90 Å². The first kappa shape index (κ1) is 12.8. The number of benzene rings is 1. The molecule has 0 radical (unpaired) electrons. The van der Waals surface area contributed by atoms with Gasteiger partial charge in [-0.3, -0.25) is 0 Å². The quantitative estimate of drug-likeness (QED) is 0.722. The molecule has 0 aliphatic heterocycles. The maximum absolute atomic E-state index is 4.85. The molecule has 0 bridgehead atoms. The van der Waals surface area contributed by atoms with E-state index in [0.717, 1.165) is 39.9 Å². The maximum Gasteiger partial charge on any atom is 0.172 e. The van der Waals surface area contributed by atoms with Crippen molar-refractivity contribution in [2.45, 2.75) is 12.8 Å². The molecule has 1 aromatic carbocycles. The molecule has 2 heterocycles. The number of nitrogens with zero attached hydrogens (tertiary/aromatic N) is 3. The zero-order valence-corrected chi connectivity index (χ0v) is 12.8. The van der Waals surface area contributed by atoms with E-state index < -0.39 is 0 Å². The topological polar surface area (TPSA) is 29.0 Å². The van der Waals surface area contributed by atoms with Gasteiger partial charge in [0.05, 0.1) is 10.4 Å². The summed E-state index contributed by atoms with van der Waals surface area (Å²) in [7, 11) is 2.14. The van der Waals surface area contributed by atoms with Crippen LogP contribution in [0.5, 0.6) is 0 Å². The zero-order valence-electron chi connectivity index (χ0n) is 12.0. The van der Waals surface area contributed by atoms with Gasteiger partial charge in [0.15, 0.2) is 5.82 Å². The molecule has 2 aromatic heterocycles. The summed E-state index contributed by atoms with van der Waals surface area (Å²) in [5, 5.41) is 3.21. The van der Waals surface area contributed by atoms with Crippen LogP contribution in [-0.4, -0.2) is 23.6 Å². The summed E-state index contributed by atoms with van der Waals surface area (Å²) in [6, 6.07) is 12.4. The summed E-state index contributed by atoms with van der Waals surface area (Å²) in [5.74, 6) is 2.73. The highest BCUT2D eigenvalue weighted by molar-refractivity contribution is 7.13. The largest absolute Gasteiger partial charge is 0.359 e. The first-order chi connectivity index (χ1) is 10.3. The van der Waals surface area contributed by atoms with Crippen molar-refractivity contribution in [3.8, 4) is 10.7 Å². The minimum Gasteiger partial charge on any atom is -0.359 e. The highest BCUT2D eigenvalue weighted by Gasteiger charge is 2.24. The third kappa shape index (κ3) is 2.51. The van der Waals surface area contributed by atoms with Crippen LogP contribution in [0.4, 0.5) is 5.82 Å². The molecule has 21 heavy (non-hydrogen) atoms. The molecule has 1 fully saturated rings. The Kier molecular flexibility index (Phi) is 3.11. The minimum atomic E-state index is 0.835. The van der Waals surface area contributed by atoms with Gasteiger partial charge in [-0.1, -0.05) is 18.2 Å². The number of hydrogen-bond donors (Lipinski definition) is 0. The fourth-order valence-electron chi connectivity index (χ4n) is 2.64. The molecule has 1 aliphatic rings. The van der Waals surface area contributed by atoms with E-state index in [4.69, 9.17) is 9.97 Å². The van der Waals surface area contributed by atoms with Gasteiger partial charge in [-0.05, 0) is 42.3 Å². The third-order valence-corrected chi connectivity index (χ3v) is 4.78. The summed E-state index contributed by atoms with van der Waals surface area (Å²) in [4.78, 5) is 13.0. The van der Waals surface area contributed by atoms with Gasteiger partial charge >= 0.3 is 0 Å². The van der Waals surface area contributed by atoms with Crippen molar-refractivity contribution in [3.05, 3.63) is 41.8 Å². The summed E-state index contributed by atoms with van der Waals surface area (Å²) in [6.07, 6.45) is 2.70. The van der Waals surface area contributed by atoms with Crippen molar-refractivity contribution >= 4 is 28.1 Å². The van der Waals surface area contributed by atoms with Crippen LogP contribution in [0.2, 0.25) is 0 Å². The molecular formula is C17H17N3S. The maximum atomic E-state index is 4.85. The molecular weight excluding hydrogens is 278 g/mol. The van der Waals surface area contributed by atoms with Crippen LogP contribution in [0.15, 0.2) is 41.8 Å². The molecule has 0 atom stereocenters. The van der Waals surface area contributed by atoms with Gasteiger partial charge in [0, 0.05) is 19.0 Å². The average molecular weight is 295 g/mol. The third-order valence-electron chi connectivity index (χ3n) is 3.92. The van der Waals surface area contributed by atoms with Gasteiger partial charge in [-0.25, -0.2) is 9.97 Å². The number of rotatable bonds is 4. The normalized spacial score (nSPS) is 14.5. The number of para-hydroxylation sites is 1. The van der Waals surface area contributed by atoms with Crippen LogP contribution in [0, 0.1) is 5.92 Å². The SMILES string of the molecule is CN(CC1CC1)c1nc(-c2cccs2)nc2ccccc12. The molecule has 0 spiro atoms. The molecule has 0 N–H and O–H groups in total. The lowest BCUT2D eigenvalue weighted by Crippen LogP contribution is -2.21. The van der Waals surface area contributed by atoms with E-state index in [-0.39, 0.29) is 0 Å². The lowest BCUT2D eigenvalue weighted by atomic mass is 10.2. The lowest BCUT2D eigenvalue weighted by Gasteiger charge is -2.20. The highest BCUT2D eigenvalue weighted by Crippen LogP contribution is 2.33. The lowest BCUT2D eigenvalue weighted by molar-refractivity contribution is 0.780. The Bertz CT molecular complexity index is 763. The Morgan fingerprint density at radius 1 is 1.14 bits per heavy atom. The molecule has 1 saturated carbocycles. The van der Waals surface area contributed by atoms with E-state index in [0.29, 0.717) is 0 Å². The predicted molar refractivity (Wildman–Crippen MR) is 88.8 cm³/mol. The number of aromatic nitrogens is 2. The smallest absolute Gasteiger partial charge is 0.172 e. The van der Waals surface area contributed by atoms with Crippen molar-refractivity contribution in [3.63, 3.8) is 0 Å². The molecule has 4 heteroatoms. The number of thiophene rings is 1. The Balaban J connectivity index is 1.85. The van der Waals surface area contributed by atoms with Crippen LogP contribution in [0.3, 0.4) is 0 Å². The number of hydrogen-bond acceptors (Lipinski definition) is 4. The van der Waals surface area contributed by atoms with Gasteiger partial charge in [0.2, 0.25) is 0 Å². The number of anilines is 1. The molecule has 0 unspecified atom stereocenters. The Hall–Kier alpha value is -1.94. The van der Waals surface area contributed by atoms with E-state index >= 15 is 0 Å². The monoisotopic (exact) mass is 295 g/mol. The van der Waals surface area contributed by atoms with E-state index in [1.807, 2.05) is 12.1 Å². The molecule has 3 nitrogen and oxygen atoms in total. The molecule has 1 aliphatic carbocycles. The van der Waals surface area contributed by atoms with Crippen molar-refractivity contribution in [1.82, 2.24) is 9.97 Å². The van der Waals surface area contributed by atoms with Crippen LogP contribution in [0.25, 0.3) is 21.6 Å².